The SMILES string of the molecule is COc1ccc(/C=C/C(=O)/C=C/c2cccc(O)c2)cc1. The van der Waals surface area contributed by atoms with Crippen LogP contribution in [-0.4, -0.2) is 18.0 Å². The summed E-state index contributed by atoms with van der Waals surface area (Å²) in [6.45, 7) is 0. The lowest BCUT2D eigenvalue weighted by atomic mass is 10.1. The van der Waals surface area contributed by atoms with E-state index in [1.807, 2.05) is 30.3 Å². The number of ether oxygens (including phenoxy) is 1. The van der Waals surface area contributed by atoms with Crippen LogP contribution in [0.4, 0.5) is 0 Å². The van der Waals surface area contributed by atoms with Gasteiger partial charge in [0.2, 0.25) is 0 Å². The molecule has 106 valence electrons. The van der Waals surface area contributed by atoms with Gasteiger partial charge in [-0.1, -0.05) is 36.4 Å². The summed E-state index contributed by atoms with van der Waals surface area (Å²) >= 11 is 0. The van der Waals surface area contributed by atoms with Crippen LogP contribution in [0.15, 0.2) is 60.7 Å². The Morgan fingerprint density at radius 2 is 1.67 bits per heavy atom. The maximum Gasteiger partial charge on any atom is 0.178 e. The van der Waals surface area contributed by atoms with E-state index in [4.69, 9.17) is 4.74 Å². The van der Waals surface area contributed by atoms with E-state index in [1.165, 1.54) is 12.2 Å². The largest absolute Gasteiger partial charge is 0.508 e. The van der Waals surface area contributed by atoms with Crippen molar-refractivity contribution in [3.63, 3.8) is 0 Å². The van der Waals surface area contributed by atoms with E-state index in [-0.39, 0.29) is 11.5 Å². The molecule has 1 N–H and O–H groups in total. The van der Waals surface area contributed by atoms with Gasteiger partial charge in [-0.2, -0.15) is 0 Å². The first-order valence-corrected chi connectivity index (χ1v) is 6.50. The summed E-state index contributed by atoms with van der Waals surface area (Å²) in [7, 11) is 1.61. The molecule has 0 radical (unpaired) electrons. The molecule has 0 fully saturated rings. The van der Waals surface area contributed by atoms with Gasteiger partial charge in [0, 0.05) is 0 Å². The van der Waals surface area contributed by atoms with Gasteiger partial charge in [-0.25, -0.2) is 0 Å². The van der Waals surface area contributed by atoms with Crippen molar-refractivity contribution in [1.82, 2.24) is 0 Å². The molecular formula is C18H16O3. The van der Waals surface area contributed by atoms with Crippen molar-refractivity contribution in [2.24, 2.45) is 0 Å². The summed E-state index contributed by atoms with van der Waals surface area (Å²) in [5, 5.41) is 9.33. The second-order valence-corrected chi connectivity index (χ2v) is 4.44. The minimum Gasteiger partial charge on any atom is -0.508 e. The van der Waals surface area contributed by atoms with Gasteiger partial charge in [-0.3, -0.25) is 4.79 Å². The topological polar surface area (TPSA) is 46.5 Å². The quantitative estimate of drug-likeness (QED) is 0.849. The zero-order chi connectivity index (χ0) is 15.1. The molecule has 3 nitrogen and oxygen atoms in total. The van der Waals surface area contributed by atoms with Gasteiger partial charge in [-0.15, -0.1) is 0 Å². The molecule has 0 aliphatic heterocycles. The monoisotopic (exact) mass is 280 g/mol. The molecule has 21 heavy (non-hydrogen) atoms. The Morgan fingerprint density at radius 1 is 1.00 bits per heavy atom. The van der Waals surface area contributed by atoms with Gasteiger partial charge in [0.1, 0.15) is 11.5 Å². The van der Waals surface area contributed by atoms with Gasteiger partial charge < -0.3 is 9.84 Å². The van der Waals surface area contributed by atoms with Gasteiger partial charge in [0.25, 0.3) is 0 Å². The highest BCUT2D eigenvalue weighted by atomic mass is 16.5. The number of benzene rings is 2. The minimum absolute atomic E-state index is 0.117. The number of rotatable bonds is 5. The number of ketones is 1. The lowest BCUT2D eigenvalue weighted by Crippen LogP contribution is -1.85. The van der Waals surface area contributed by atoms with E-state index in [2.05, 4.69) is 0 Å². The first-order chi connectivity index (χ1) is 10.2. The third kappa shape index (κ3) is 4.66. The van der Waals surface area contributed by atoms with Crippen molar-refractivity contribution in [1.29, 1.82) is 0 Å². The maximum absolute atomic E-state index is 11.7. The van der Waals surface area contributed by atoms with Crippen LogP contribution in [0.1, 0.15) is 11.1 Å². The highest BCUT2D eigenvalue weighted by Crippen LogP contribution is 2.13. The number of carbonyl (C=O) groups excluding carboxylic acids is 1. The van der Waals surface area contributed by atoms with Crippen LogP contribution in [0.5, 0.6) is 11.5 Å². The van der Waals surface area contributed by atoms with Crippen LogP contribution in [0.25, 0.3) is 12.2 Å². The fourth-order valence-corrected chi connectivity index (χ4v) is 1.76. The zero-order valence-corrected chi connectivity index (χ0v) is 11.7. The summed E-state index contributed by atoms with van der Waals surface area (Å²) in [5.74, 6) is 0.842. The number of hydrogen-bond donors (Lipinski definition) is 1. The van der Waals surface area contributed by atoms with E-state index in [0.717, 1.165) is 16.9 Å². The third-order valence-electron chi connectivity index (χ3n) is 2.87. The Bertz CT molecular complexity index is 667. The third-order valence-corrected chi connectivity index (χ3v) is 2.87. The Balaban J connectivity index is 1.98. The molecule has 0 aliphatic rings. The summed E-state index contributed by atoms with van der Waals surface area (Å²) in [5.41, 5.74) is 1.70. The van der Waals surface area contributed by atoms with Crippen LogP contribution in [0.3, 0.4) is 0 Å². The van der Waals surface area contributed by atoms with E-state index >= 15 is 0 Å². The van der Waals surface area contributed by atoms with Crippen LogP contribution in [0, 0.1) is 0 Å². The fraction of sp³-hybridized carbons (Fsp3) is 0.0556. The lowest BCUT2D eigenvalue weighted by Gasteiger charge is -1.98. The van der Waals surface area contributed by atoms with Crippen molar-refractivity contribution in [3.05, 3.63) is 71.8 Å². The number of allylic oxidation sites excluding steroid dienone is 2. The second kappa shape index (κ2) is 7.10. The average Bonchev–Trinajstić information content (AvgIpc) is 2.51. The molecule has 0 atom stereocenters. The number of methoxy groups -OCH3 is 1. The predicted molar refractivity (Wildman–Crippen MR) is 84.2 cm³/mol. The molecule has 0 aliphatic carbocycles. The Hall–Kier alpha value is -2.81. The highest BCUT2D eigenvalue weighted by Gasteiger charge is 1.94. The Labute approximate surface area is 123 Å². The van der Waals surface area contributed by atoms with Gasteiger partial charge in [-0.05, 0) is 47.5 Å². The normalized spacial score (nSPS) is 11.1. The van der Waals surface area contributed by atoms with Gasteiger partial charge in [0.05, 0.1) is 7.11 Å². The lowest BCUT2D eigenvalue weighted by molar-refractivity contribution is -0.110. The van der Waals surface area contributed by atoms with Crippen LogP contribution in [0.2, 0.25) is 0 Å². The first kappa shape index (κ1) is 14.6. The maximum atomic E-state index is 11.7. The van der Waals surface area contributed by atoms with Crippen molar-refractivity contribution in [3.8, 4) is 11.5 Å². The van der Waals surface area contributed by atoms with Crippen LogP contribution in [-0.2, 0) is 4.79 Å². The Morgan fingerprint density at radius 3 is 2.29 bits per heavy atom. The fourth-order valence-electron chi connectivity index (χ4n) is 1.76. The molecule has 2 rings (SSSR count). The van der Waals surface area contributed by atoms with Crippen LogP contribution >= 0.6 is 0 Å². The zero-order valence-electron chi connectivity index (χ0n) is 11.7. The van der Waals surface area contributed by atoms with Gasteiger partial charge in [0.15, 0.2) is 5.78 Å². The number of carbonyl (C=O) groups is 1. The summed E-state index contributed by atoms with van der Waals surface area (Å²) in [6.07, 6.45) is 6.38. The number of phenolic OH excluding ortho intramolecular Hbond substituents is 1. The average molecular weight is 280 g/mol. The Kier molecular flexibility index (Phi) is 4.94. The number of hydrogen-bond acceptors (Lipinski definition) is 3. The minimum atomic E-state index is -0.117. The predicted octanol–water partition coefficient (Wildman–Crippen LogP) is 3.70. The molecule has 0 amide bonds. The van der Waals surface area contributed by atoms with Crippen molar-refractivity contribution in [2.45, 2.75) is 0 Å². The molecular weight excluding hydrogens is 264 g/mol. The molecule has 2 aromatic rings. The second-order valence-electron chi connectivity index (χ2n) is 4.44. The molecule has 0 saturated heterocycles. The summed E-state index contributed by atoms with van der Waals surface area (Å²) < 4.78 is 5.07. The van der Waals surface area contributed by atoms with Crippen molar-refractivity contribution in [2.75, 3.05) is 7.11 Å². The first-order valence-electron chi connectivity index (χ1n) is 6.50. The molecule has 0 spiro atoms. The molecule has 0 heterocycles. The molecule has 0 aromatic heterocycles. The van der Waals surface area contributed by atoms with Crippen LogP contribution < -0.4 is 4.74 Å². The summed E-state index contributed by atoms with van der Waals surface area (Å²) in [4.78, 5) is 11.7. The molecule has 3 heteroatoms. The van der Waals surface area contributed by atoms with Crippen molar-refractivity contribution >= 4 is 17.9 Å². The van der Waals surface area contributed by atoms with Gasteiger partial charge >= 0.3 is 0 Å². The highest BCUT2D eigenvalue weighted by molar-refractivity contribution is 6.04. The van der Waals surface area contributed by atoms with Crippen molar-refractivity contribution < 1.29 is 14.6 Å². The number of aromatic hydroxyl groups is 1. The summed E-state index contributed by atoms with van der Waals surface area (Å²) in [6, 6.07) is 14.2. The smallest absolute Gasteiger partial charge is 0.178 e. The van der Waals surface area contributed by atoms with E-state index in [9.17, 15) is 9.90 Å². The van der Waals surface area contributed by atoms with E-state index < -0.39 is 0 Å². The molecule has 0 saturated carbocycles. The molecule has 0 bridgehead atoms. The van der Waals surface area contributed by atoms with E-state index in [0.29, 0.717) is 0 Å². The molecule has 2 aromatic carbocycles. The standard InChI is InChI=1S/C18H16O3/c1-21-18-11-7-14(8-12-18)5-9-16(19)10-6-15-3-2-4-17(20)13-15/h2-13,20H,1H3/b9-5+,10-6+. The number of phenols is 1. The van der Waals surface area contributed by atoms with E-state index in [1.54, 1.807) is 37.5 Å². The molecule has 0 unspecified atom stereocenters.